The molecule has 1 saturated carbocycles. The molecular formula is C14H19NS. The van der Waals surface area contributed by atoms with Crippen molar-refractivity contribution in [1.29, 1.82) is 5.26 Å². The number of rotatable bonds is 3. The average Bonchev–Trinajstić information content (AvgIpc) is 2.78. The van der Waals surface area contributed by atoms with Gasteiger partial charge in [0.15, 0.2) is 0 Å². The van der Waals surface area contributed by atoms with Crippen LogP contribution >= 0.6 is 11.3 Å². The maximum absolute atomic E-state index is 9.42. The molecule has 0 aromatic carbocycles. The quantitative estimate of drug-likeness (QED) is 0.762. The summed E-state index contributed by atoms with van der Waals surface area (Å²) >= 11 is 1.89. The highest BCUT2D eigenvalue weighted by Crippen LogP contribution is 2.39. The van der Waals surface area contributed by atoms with Crippen LogP contribution in [-0.2, 0) is 12.8 Å². The van der Waals surface area contributed by atoms with Gasteiger partial charge in [-0.3, -0.25) is 0 Å². The zero-order valence-electron chi connectivity index (χ0n) is 9.96. The first-order valence-electron chi connectivity index (χ1n) is 6.27. The van der Waals surface area contributed by atoms with Crippen molar-refractivity contribution < 1.29 is 0 Å². The molecule has 0 N–H and O–H groups in total. The summed E-state index contributed by atoms with van der Waals surface area (Å²) in [4.78, 5) is 2.85. The second-order valence-electron chi connectivity index (χ2n) is 4.85. The molecule has 0 saturated heterocycles. The van der Waals surface area contributed by atoms with Gasteiger partial charge in [0, 0.05) is 16.2 Å². The van der Waals surface area contributed by atoms with Crippen LogP contribution in [0, 0.1) is 16.7 Å². The van der Waals surface area contributed by atoms with Crippen molar-refractivity contribution in [3.63, 3.8) is 0 Å². The van der Waals surface area contributed by atoms with Crippen LogP contribution in [0.1, 0.15) is 48.8 Å². The van der Waals surface area contributed by atoms with E-state index in [-0.39, 0.29) is 5.41 Å². The fourth-order valence-corrected chi connectivity index (χ4v) is 3.70. The average molecular weight is 233 g/mol. The highest BCUT2D eigenvalue weighted by Gasteiger charge is 2.32. The van der Waals surface area contributed by atoms with E-state index in [1.807, 2.05) is 11.3 Å². The molecule has 1 nitrogen and oxygen atoms in total. The van der Waals surface area contributed by atoms with E-state index in [0.717, 1.165) is 25.7 Å². The van der Waals surface area contributed by atoms with Crippen molar-refractivity contribution in [1.82, 2.24) is 0 Å². The summed E-state index contributed by atoms with van der Waals surface area (Å²) in [6, 6.07) is 7.04. The Morgan fingerprint density at radius 1 is 1.25 bits per heavy atom. The Bertz CT molecular complexity index is 380. The molecule has 0 bridgehead atoms. The minimum absolute atomic E-state index is 0.0475. The number of thiophene rings is 1. The van der Waals surface area contributed by atoms with Crippen molar-refractivity contribution in [3.05, 3.63) is 21.9 Å². The molecule has 1 aliphatic rings. The van der Waals surface area contributed by atoms with Gasteiger partial charge in [-0.1, -0.05) is 26.2 Å². The first-order valence-corrected chi connectivity index (χ1v) is 7.08. The largest absolute Gasteiger partial charge is 0.198 e. The van der Waals surface area contributed by atoms with Crippen LogP contribution in [0.25, 0.3) is 0 Å². The van der Waals surface area contributed by atoms with Crippen LogP contribution < -0.4 is 0 Å². The highest BCUT2D eigenvalue weighted by molar-refractivity contribution is 7.11. The van der Waals surface area contributed by atoms with Gasteiger partial charge in [0.2, 0.25) is 0 Å². The number of hydrogen-bond donors (Lipinski definition) is 0. The van der Waals surface area contributed by atoms with Crippen LogP contribution in [0.3, 0.4) is 0 Å². The Balaban J connectivity index is 2.09. The third-order valence-corrected chi connectivity index (χ3v) is 4.86. The molecule has 0 amide bonds. The van der Waals surface area contributed by atoms with Gasteiger partial charge in [-0.15, -0.1) is 11.3 Å². The monoisotopic (exact) mass is 233 g/mol. The molecule has 0 radical (unpaired) electrons. The fourth-order valence-electron chi connectivity index (χ4n) is 2.60. The first kappa shape index (κ1) is 11.7. The van der Waals surface area contributed by atoms with Crippen LogP contribution in [-0.4, -0.2) is 0 Å². The zero-order chi connectivity index (χ0) is 11.4. The molecule has 1 aliphatic carbocycles. The van der Waals surface area contributed by atoms with Crippen LogP contribution in [0.2, 0.25) is 0 Å². The Hall–Kier alpha value is -0.810. The predicted molar refractivity (Wildman–Crippen MR) is 68.5 cm³/mol. The Morgan fingerprint density at radius 2 is 1.94 bits per heavy atom. The van der Waals surface area contributed by atoms with Gasteiger partial charge in [-0.2, -0.15) is 5.26 Å². The number of nitrogens with zero attached hydrogens (tertiary/aromatic N) is 1. The second kappa shape index (κ2) is 5.01. The van der Waals surface area contributed by atoms with Crippen molar-refractivity contribution in [2.75, 3.05) is 0 Å². The van der Waals surface area contributed by atoms with E-state index in [1.165, 1.54) is 29.0 Å². The minimum atomic E-state index is -0.0475. The van der Waals surface area contributed by atoms with E-state index >= 15 is 0 Å². The van der Waals surface area contributed by atoms with Crippen molar-refractivity contribution in [2.24, 2.45) is 5.41 Å². The second-order valence-corrected chi connectivity index (χ2v) is 6.10. The Morgan fingerprint density at radius 3 is 2.50 bits per heavy atom. The summed E-state index contributed by atoms with van der Waals surface area (Å²) in [5, 5.41) is 9.42. The van der Waals surface area contributed by atoms with E-state index in [9.17, 15) is 5.26 Å². The molecule has 0 spiro atoms. The summed E-state index contributed by atoms with van der Waals surface area (Å²) in [6.45, 7) is 2.19. The van der Waals surface area contributed by atoms with Crippen LogP contribution in [0.5, 0.6) is 0 Å². The van der Waals surface area contributed by atoms with Gasteiger partial charge >= 0.3 is 0 Å². The normalized spacial score (nSPS) is 19.2. The Kier molecular flexibility index (Phi) is 3.66. The lowest BCUT2D eigenvalue weighted by atomic mass is 9.73. The molecule has 1 fully saturated rings. The fraction of sp³-hybridized carbons (Fsp3) is 0.643. The lowest BCUT2D eigenvalue weighted by Gasteiger charge is -2.30. The predicted octanol–water partition coefficient (Wildman–Crippen LogP) is 4.33. The van der Waals surface area contributed by atoms with E-state index < -0.39 is 0 Å². The van der Waals surface area contributed by atoms with Crippen molar-refractivity contribution >= 4 is 11.3 Å². The minimum Gasteiger partial charge on any atom is -0.198 e. The van der Waals surface area contributed by atoms with E-state index in [4.69, 9.17) is 0 Å². The standard InChI is InChI=1S/C14H19NS/c1-2-12-6-7-13(16-12)10-14(11-15)8-4-3-5-9-14/h6-7H,2-5,8-10H2,1H3. The summed E-state index contributed by atoms with van der Waals surface area (Å²) in [5.41, 5.74) is -0.0475. The van der Waals surface area contributed by atoms with Gasteiger partial charge in [-0.05, 0) is 31.4 Å². The molecule has 86 valence electrons. The Labute approximate surface area is 102 Å². The van der Waals surface area contributed by atoms with Gasteiger partial charge in [-0.25, -0.2) is 0 Å². The smallest absolute Gasteiger partial charge is 0.0693 e. The van der Waals surface area contributed by atoms with Gasteiger partial charge in [0.25, 0.3) is 0 Å². The molecular weight excluding hydrogens is 214 g/mol. The first-order chi connectivity index (χ1) is 7.78. The highest BCUT2D eigenvalue weighted by atomic mass is 32.1. The zero-order valence-corrected chi connectivity index (χ0v) is 10.8. The third kappa shape index (κ3) is 2.47. The topological polar surface area (TPSA) is 23.8 Å². The van der Waals surface area contributed by atoms with E-state index in [2.05, 4.69) is 25.1 Å². The lowest BCUT2D eigenvalue weighted by molar-refractivity contribution is 0.267. The maximum atomic E-state index is 9.42. The van der Waals surface area contributed by atoms with E-state index in [0.29, 0.717) is 0 Å². The number of hydrogen-bond acceptors (Lipinski definition) is 2. The summed E-state index contributed by atoms with van der Waals surface area (Å²) in [7, 11) is 0. The van der Waals surface area contributed by atoms with Gasteiger partial charge in [0.1, 0.15) is 0 Å². The molecule has 2 heteroatoms. The van der Waals surface area contributed by atoms with Gasteiger partial charge in [0.05, 0.1) is 11.5 Å². The molecule has 1 aromatic rings. The van der Waals surface area contributed by atoms with Gasteiger partial charge < -0.3 is 0 Å². The lowest BCUT2D eigenvalue weighted by Crippen LogP contribution is -2.24. The SMILES string of the molecule is CCc1ccc(CC2(C#N)CCCCC2)s1. The third-order valence-electron chi connectivity index (χ3n) is 3.63. The number of aryl methyl sites for hydroxylation is 1. The maximum Gasteiger partial charge on any atom is 0.0693 e. The van der Waals surface area contributed by atoms with E-state index in [1.54, 1.807) is 0 Å². The molecule has 1 heterocycles. The molecule has 16 heavy (non-hydrogen) atoms. The van der Waals surface area contributed by atoms with Crippen molar-refractivity contribution in [3.8, 4) is 6.07 Å². The van der Waals surface area contributed by atoms with Crippen LogP contribution in [0.4, 0.5) is 0 Å². The molecule has 0 aliphatic heterocycles. The molecule has 0 unspecified atom stereocenters. The molecule has 1 aromatic heterocycles. The number of nitriles is 1. The van der Waals surface area contributed by atoms with Crippen molar-refractivity contribution in [2.45, 2.75) is 51.9 Å². The summed E-state index contributed by atoms with van der Waals surface area (Å²) in [6.07, 6.45) is 8.08. The summed E-state index contributed by atoms with van der Waals surface area (Å²) < 4.78 is 0. The van der Waals surface area contributed by atoms with Crippen LogP contribution in [0.15, 0.2) is 12.1 Å². The molecule has 0 atom stereocenters. The summed E-state index contributed by atoms with van der Waals surface area (Å²) in [5.74, 6) is 0. The molecule has 2 rings (SSSR count).